The van der Waals surface area contributed by atoms with E-state index >= 15 is 0 Å². The predicted octanol–water partition coefficient (Wildman–Crippen LogP) is 2.82. The first-order valence-electron chi connectivity index (χ1n) is 6.72. The van der Waals surface area contributed by atoms with Gasteiger partial charge < -0.3 is 22.8 Å². The van der Waals surface area contributed by atoms with Crippen LogP contribution in [0.5, 0.6) is 0 Å². The van der Waals surface area contributed by atoms with Crippen LogP contribution in [0.2, 0.25) is 6.04 Å². The molecule has 0 aliphatic rings. The Labute approximate surface area is 124 Å². The second-order valence-corrected chi connectivity index (χ2v) is 6.15. The first kappa shape index (κ1) is 21.8. The monoisotopic (exact) mass is 305 g/mol. The van der Waals surface area contributed by atoms with E-state index < -0.39 is 8.80 Å². The predicted molar refractivity (Wildman–Crippen MR) is 82.3 cm³/mol. The van der Waals surface area contributed by atoms with Crippen molar-refractivity contribution >= 4 is 8.80 Å². The molecule has 0 bridgehead atoms. The zero-order chi connectivity index (χ0) is 15.9. The molecule has 0 aromatic carbocycles. The van der Waals surface area contributed by atoms with Gasteiger partial charge >= 0.3 is 8.80 Å². The lowest BCUT2D eigenvalue weighted by atomic mass is 10.6. The fourth-order valence-electron chi connectivity index (χ4n) is 1.39. The lowest BCUT2D eigenvalue weighted by Gasteiger charge is -2.27. The highest BCUT2D eigenvalue weighted by Gasteiger charge is 2.38. The molecule has 0 aliphatic carbocycles. The van der Waals surface area contributed by atoms with Crippen molar-refractivity contribution < 1.29 is 22.8 Å². The molecule has 119 valence electrons. The molecule has 0 saturated heterocycles. The zero-order valence-corrected chi connectivity index (χ0v) is 14.4. The van der Waals surface area contributed by atoms with E-state index in [9.17, 15) is 0 Å². The van der Waals surface area contributed by atoms with Crippen LogP contribution in [-0.2, 0) is 22.8 Å². The molecule has 0 unspecified atom stereocenters. The number of ether oxygens (including phenoxy) is 2. The fourth-order valence-corrected chi connectivity index (χ4v) is 3.67. The maximum absolute atomic E-state index is 5.57. The first-order valence-corrected chi connectivity index (χ1v) is 8.66. The highest BCUT2D eigenvalue weighted by atomic mass is 28.4. The van der Waals surface area contributed by atoms with Crippen molar-refractivity contribution in [3.8, 4) is 0 Å². The van der Waals surface area contributed by atoms with Crippen LogP contribution in [0.1, 0.15) is 20.8 Å². The van der Waals surface area contributed by atoms with Crippen molar-refractivity contribution in [1.29, 1.82) is 0 Å². The molecule has 1 radical (unpaired) electrons. The van der Waals surface area contributed by atoms with Crippen molar-refractivity contribution in [2.75, 3.05) is 34.0 Å². The van der Waals surface area contributed by atoms with Gasteiger partial charge in [0.1, 0.15) is 0 Å². The van der Waals surface area contributed by atoms with Gasteiger partial charge in [-0.2, -0.15) is 0 Å². The smallest absolute Gasteiger partial charge is 0.374 e. The van der Waals surface area contributed by atoms with Gasteiger partial charge in [-0.05, 0) is 26.8 Å². The molecule has 0 fully saturated rings. The number of hydrogen-bond acceptors (Lipinski definition) is 5. The van der Waals surface area contributed by atoms with Gasteiger partial charge in [0, 0.05) is 40.1 Å². The summed E-state index contributed by atoms with van der Waals surface area (Å²) in [6.07, 6.45) is 2.77. The Hall–Kier alpha value is -0.503. The molecule has 0 aliphatic heterocycles. The number of allylic oxidation sites excluding steroid dienone is 1. The minimum Gasteiger partial charge on any atom is -0.374 e. The van der Waals surface area contributed by atoms with E-state index in [1.165, 1.54) is 20.3 Å². The third-order valence-electron chi connectivity index (χ3n) is 2.11. The molecule has 0 saturated carbocycles. The largest absolute Gasteiger partial charge is 0.504 e. The molecule has 0 N–H and O–H groups in total. The molecule has 0 heterocycles. The van der Waals surface area contributed by atoms with E-state index in [0.717, 1.165) is 0 Å². The van der Waals surface area contributed by atoms with E-state index in [1.54, 1.807) is 6.08 Å². The van der Waals surface area contributed by atoms with E-state index in [2.05, 4.69) is 16.1 Å². The van der Waals surface area contributed by atoms with Crippen LogP contribution in [0.3, 0.4) is 0 Å². The van der Waals surface area contributed by atoms with Gasteiger partial charge in [0.05, 0.1) is 0 Å². The van der Waals surface area contributed by atoms with Gasteiger partial charge in [-0.1, -0.05) is 12.7 Å². The van der Waals surface area contributed by atoms with Crippen molar-refractivity contribution in [1.82, 2.24) is 0 Å². The number of methoxy groups -OCH3 is 2. The summed E-state index contributed by atoms with van der Waals surface area (Å²) < 4.78 is 26.0. The molecule has 0 amide bonds. The highest BCUT2D eigenvalue weighted by Crippen LogP contribution is 2.15. The maximum Gasteiger partial charge on any atom is 0.504 e. The van der Waals surface area contributed by atoms with Crippen molar-refractivity contribution in [2.24, 2.45) is 0 Å². The van der Waals surface area contributed by atoms with Gasteiger partial charge in [-0.3, -0.25) is 0 Å². The van der Waals surface area contributed by atoms with Crippen LogP contribution in [0.15, 0.2) is 18.7 Å². The lowest BCUT2D eigenvalue weighted by Crippen LogP contribution is -2.45. The van der Waals surface area contributed by atoms with Gasteiger partial charge in [-0.15, -0.1) is 6.58 Å². The van der Waals surface area contributed by atoms with Crippen molar-refractivity contribution in [3.63, 3.8) is 0 Å². The molecule has 0 spiro atoms. The Morgan fingerprint density at radius 3 is 1.55 bits per heavy atom. The Morgan fingerprint density at radius 1 is 1.00 bits per heavy atom. The minimum absolute atomic E-state index is 0.361. The van der Waals surface area contributed by atoms with Gasteiger partial charge in [0.25, 0.3) is 0 Å². The molecule has 0 atom stereocenters. The minimum atomic E-state index is -2.41. The van der Waals surface area contributed by atoms with Gasteiger partial charge in [0.15, 0.2) is 6.29 Å². The summed E-state index contributed by atoms with van der Waals surface area (Å²) in [5.41, 5.74) is 0. The molecule has 0 aromatic heterocycles. The Bertz CT molecular complexity index is 215. The summed E-state index contributed by atoms with van der Waals surface area (Å²) in [4.78, 5) is 0. The summed E-state index contributed by atoms with van der Waals surface area (Å²) in [5, 5.41) is 0. The van der Waals surface area contributed by atoms with Crippen LogP contribution < -0.4 is 0 Å². The van der Waals surface area contributed by atoms with E-state index in [4.69, 9.17) is 19.9 Å². The second-order valence-electron chi connectivity index (χ2n) is 3.51. The zero-order valence-electron chi connectivity index (χ0n) is 13.4. The van der Waals surface area contributed by atoms with Crippen molar-refractivity contribution in [2.45, 2.75) is 33.1 Å². The molecule has 6 heteroatoms. The summed E-state index contributed by atoms with van der Waals surface area (Å²) in [6.45, 7) is 16.4. The molecular weight excluding hydrogens is 276 g/mol. The Balaban J connectivity index is 0. The second kappa shape index (κ2) is 14.9. The molecule has 5 nitrogen and oxygen atoms in total. The summed E-state index contributed by atoms with van der Waals surface area (Å²) in [6, 6.07) is 0.683. The third-order valence-corrected chi connectivity index (χ3v) is 5.08. The highest BCUT2D eigenvalue weighted by molar-refractivity contribution is 6.61. The molecule has 20 heavy (non-hydrogen) atoms. The first-order chi connectivity index (χ1) is 9.59. The summed E-state index contributed by atoms with van der Waals surface area (Å²) >= 11 is 0. The van der Waals surface area contributed by atoms with Crippen LogP contribution in [-0.4, -0.2) is 49.1 Å². The van der Waals surface area contributed by atoms with Crippen LogP contribution in [0.4, 0.5) is 0 Å². The van der Waals surface area contributed by atoms with Crippen LogP contribution >= 0.6 is 0 Å². The van der Waals surface area contributed by atoms with Gasteiger partial charge in [-0.25, -0.2) is 0 Å². The molecule has 0 rings (SSSR count). The Kier molecular flexibility index (Phi) is 16.2. The van der Waals surface area contributed by atoms with Gasteiger partial charge in [0.2, 0.25) is 0 Å². The van der Waals surface area contributed by atoms with Crippen LogP contribution in [0, 0.1) is 6.58 Å². The maximum atomic E-state index is 5.57. The number of rotatable bonds is 11. The van der Waals surface area contributed by atoms with Crippen molar-refractivity contribution in [3.05, 3.63) is 25.3 Å². The third kappa shape index (κ3) is 10.3. The average molecular weight is 305 g/mol. The van der Waals surface area contributed by atoms with E-state index in [-0.39, 0.29) is 6.29 Å². The average Bonchev–Trinajstić information content (AvgIpc) is 2.43. The lowest BCUT2D eigenvalue weighted by molar-refractivity contribution is -0.0665. The fraction of sp³-hybridized carbons (Fsp3) is 0.714. The Morgan fingerprint density at radius 2 is 1.40 bits per heavy atom. The number of hydrogen-bond donors (Lipinski definition) is 0. The quantitative estimate of drug-likeness (QED) is 0.334. The summed E-state index contributed by atoms with van der Waals surface area (Å²) in [7, 11) is 0.637. The van der Waals surface area contributed by atoms with E-state index in [1.807, 2.05) is 20.8 Å². The SMILES string of the molecule is C=CC[Si](OCC)(OCC)OCC.[CH]=CC(OC)OC. The molecular formula is C14H29O5Si. The summed E-state index contributed by atoms with van der Waals surface area (Å²) in [5.74, 6) is 0. The van der Waals surface area contributed by atoms with E-state index in [0.29, 0.717) is 25.9 Å². The topological polar surface area (TPSA) is 46.2 Å². The van der Waals surface area contributed by atoms with Crippen LogP contribution in [0.25, 0.3) is 0 Å². The standard InChI is InChI=1S/C9H20O3Si.C5H9O2/c1-5-9-13(10-6-2,11-7-3)12-8-4;1-4-5(6-2)7-3/h5H,1,6-9H2,2-4H3;1,4-5H,2-3H3. The molecule has 0 aromatic rings. The normalized spacial score (nSPS) is 10.9.